The molecule has 0 unspecified atom stereocenters. The summed E-state index contributed by atoms with van der Waals surface area (Å²) in [6.07, 6.45) is 1.48. The van der Waals surface area contributed by atoms with E-state index in [1.54, 1.807) is 26.0 Å². The number of pyridine rings is 1. The molecule has 0 atom stereocenters. The number of nitrogens with one attached hydrogen (secondary N) is 1. The van der Waals surface area contributed by atoms with E-state index in [4.69, 9.17) is 17.3 Å². The van der Waals surface area contributed by atoms with Crippen LogP contribution >= 0.6 is 27.5 Å². The van der Waals surface area contributed by atoms with Gasteiger partial charge < -0.3 is 5.73 Å². The van der Waals surface area contributed by atoms with Crippen LogP contribution in [-0.4, -0.2) is 13.4 Å². The fraction of sp³-hybridized carbons (Fsp3) is 0.154. The average molecular weight is 391 g/mol. The zero-order valence-electron chi connectivity index (χ0n) is 11.3. The first kappa shape index (κ1) is 16.1. The van der Waals surface area contributed by atoms with E-state index in [-0.39, 0.29) is 21.4 Å². The SMILES string of the molecule is Cc1ccc(C)c(S(=O)(=O)Nc2cc(Br)cnc2Cl)c1N. The fourth-order valence-corrected chi connectivity index (χ4v) is 3.88. The summed E-state index contributed by atoms with van der Waals surface area (Å²) in [5.41, 5.74) is 7.58. The fourth-order valence-electron chi connectivity index (χ4n) is 1.85. The Morgan fingerprint density at radius 1 is 1.29 bits per heavy atom. The minimum absolute atomic E-state index is 0.0542. The van der Waals surface area contributed by atoms with E-state index >= 15 is 0 Å². The molecule has 1 heterocycles. The van der Waals surface area contributed by atoms with Gasteiger partial charge in [0, 0.05) is 10.7 Å². The van der Waals surface area contributed by atoms with Gasteiger partial charge in [-0.3, -0.25) is 4.72 Å². The molecule has 0 aliphatic carbocycles. The smallest absolute Gasteiger partial charge is 0.264 e. The van der Waals surface area contributed by atoms with Crippen molar-refractivity contribution >= 4 is 48.9 Å². The number of aromatic nitrogens is 1. The van der Waals surface area contributed by atoms with Crippen molar-refractivity contribution in [3.63, 3.8) is 0 Å². The van der Waals surface area contributed by atoms with E-state index in [0.29, 0.717) is 15.6 Å². The van der Waals surface area contributed by atoms with Gasteiger partial charge in [0.15, 0.2) is 5.15 Å². The van der Waals surface area contributed by atoms with Gasteiger partial charge in [0.05, 0.1) is 11.4 Å². The molecule has 0 spiro atoms. The van der Waals surface area contributed by atoms with Gasteiger partial charge in [-0.05, 0) is 47.0 Å². The largest absolute Gasteiger partial charge is 0.397 e. The van der Waals surface area contributed by atoms with Crippen molar-refractivity contribution in [2.45, 2.75) is 18.7 Å². The summed E-state index contributed by atoms with van der Waals surface area (Å²) >= 11 is 9.13. The molecule has 2 rings (SSSR count). The molecule has 21 heavy (non-hydrogen) atoms. The Balaban J connectivity index is 2.54. The third-order valence-electron chi connectivity index (χ3n) is 2.93. The van der Waals surface area contributed by atoms with Gasteiger partial charge >= 0.3 is 0 Å². The molecule has 0 fully saturated rings. The van der Waals surface area contributed by atoms with Gasteiger partial charge in [0.2, 0.25) is 0 Å². The topological polar surface area (TPSA) is 85.1 Å². The summed E-state index contributed by atoms with van der Waals surface area (Å²) in [6.45, 7) is 3.44. The van der Waals surface area contributed by atoms with Crippen LogP contribution in [0.3, 0.4) is 0 Å². The molecule has 0 bridgehead atoms. The summed E-state index contributed by atoms with van der Waals surface area (Å²) in [5.74, 6) is 0. The van der Waals surface area contributed by atoms with Crippen LogP contribution in [0.4, 0.5) is 11.4 Å². The number of nitrogen functional groups attached to an aromatic ring is 1. The first-order chi connectivity index (χ1) is 9.72. The lowest BCUT2D eigenvalue weighted by molar-refractivity contribution is 0.601. The highest BCUT2D eigenvalue weighted by atomic mass is 79.9. The van der Waals surface area contributed by atoms with Crippen molar-refractivity contribution in [3.05, 3.63) is 45.1 Å². The highest BCUT2D eigenvalue weighted by molar-refractivity contribution is 9.10. The van der Waals surface area contributed by atoms with E-state index in [1.165, 1.54) is 12.3 Å². The van der Waals surface area contributed by atoms with E-state index in [0.717, 1.165) is 0 Å². The van der Waals surface area contributed by atoms with Crippen LogP contribution in [0.15, 0.2) is 33.8 Å². The zero-order chi connectivity index (χ0) is 15.8. The first-order valence-electron chi connectivity index (χ1n) is 5.92. The Hall–Kier alpha value is -1.31. The maximum Gasteiger partial charge on any atom is 0.264 e. The molecular weight excluding hydrogens is 378 g/mol. The van der Waals surface area contributed by atoms with Crippen molar-refractivity contribution in [3.8, 4) is 0 Å². The first-order valence-corrected chi connectivity index (χ1v) is 8.57. The van der Waals surface area contributed by atoms with E-state index < -0.39 is 10.0 Å². The molecule has 5 nitrogen and oxygen atoms in total. The van der Waals surface area contributed by atoms with E-state index in [1.807, 2.05) is 0 Å². The predicted molar refractivity (Wildman–Crippen MR) is 88.1 cm³/mol. The zero-order valence-corrected chi connectivity index (χ0v) is 14.5. The molecule has 1 aromatic heterocycles. The van der Waals surface area contributed by atoms with Crippen molar-refractivity contribution in [1.82, 2.24) is 4.98 Å². The summed E-state index contributed by atoms with van der Waals surface area (Å²) in [6, 6.07) is 5.02. The van der Waals surface area contributed by atoms with E-state index in [9.17, 15) is 8.42 Å². The highest BCUT2D eigenvalue weighted by Crippen LogP contribution is 2.30. The normalized spacial score (nSPS) is 11.4. The predicted octanol–water partition coefficient (Wildman–Crippen LogP) is 3.50. The van der Waals surface area contributed by atoms with Crippen LogP contribution in [0.2, 0.25) is 5.15 Å². The van der Waals surface area contributed by atoms with Crippen LogP contribution in [0, 0.1) is 13.8 Å². The molecular formula is C13H13BrClN3O2S. The Morgan fingerprint density at radius 2 is 1.90 bits per heavy atom. The minimum atomic E-state index is -3.86. The van der Waals surface area contributed by atoms with Crippen LogP contribution in [-0.2, 0) is 10.0 Å². The second kappa shape index (κ2) is 5.82. The lowest BCUT2D eigenvalue weighted by Crippen LogP contribution is -2.17. The van der Waals surface area contributed by atoms with Crippen LogP contribution in [0.5, 0.6) is 0 Å². The van der Waals surface area contributed by atoms with Crippen LogP contribution in [0.1, 0.15) is 11.1 Å². The second-order valence-corrected chi connectivity index (χ2v) is 7.43. The Labute approximate surface area is 136 Å². The summed E-state index contributed by atoms with van der Waals surface area (Å²) in [7, 11) is -3.86. The number of benzene rings is 1. The molecule has 8 heteroatoms. The number of aryl methyl sites for hydroxylation is 2. The standard InChI is InChI=1S/C13H13BrClN3O2S/c1-7-3-4-8(2)12(11(7)16)21(19,20)18-10-5-9(14)6-17-13(10)15/h3-6,18H,16H2,1-2H3. The third-order valence-corrected chi connectivity index (χ3v) is 5.23. The molecule has 3 N–H and O–H groups in total. The third kappa shape index (κ3) is 3.30. The lowest BCUT2D eigenvalue weighted by atomic mass is 10.1. The van der Waals surface area contributed by atoms with Gasteiger partial charge in [-0.1, -0.05) is 23.7 Å². The van der Waals surface area contributed by atoms with Crippen LogP contribution in [0.25, 0.3) is 0 Å². The molecule has 0 saturated heterocycles. The average Bonchev–Trinajstić information content (AvgIpc) is 2.38. The van der Waals surface area contributed by atoms with Gasteiger partial charge in [-0.15, -0.1) is 0 Å². The number of hydrogen-bond donors (Lipinski definition) is 2. The Bertz CT molecular complexity index is 809. The summed E-state index contributed by atoms with van der Waals surface area (Å²) in [5, 5.41) is 0.0608. The molecule has 0 saturated carbocycles. The maximum atomic E-state index is 12.6. The number of halogens is 2. The molecule has 1 aromatic carbocycles. The number of nitrogens with two attached hydrogens (primary N) is 1. The van der Waals surface area contributed by atoms with Gasteiger partial charge in [-0.25, -0.2) is 13.4 Å². The highest BCUT2D eigenvalue weighted by Gasteiger charge is 2.22. The quantitative estimate of drug-likeness (QED) is 0.620. The van der Waals surface area contributed by atoms with Crippen molar-refractivity contribution in [1.29, 1.82) is 0 Å². The van der Waals surface area contributed by atoms with Crippen molar-refractivity contribution in [2.75, 3.05) is 10.5 Å². The summed E-state index contributed by atoms with van der Waals surface area (Å²) in [4.78, 5) is 3.93. The maximum absolute atomic E-state index is 12.6. The number of rotatable bonds is 3. The minimum Gasteiger partial charge on any atom is -0.397 e. The van der Waals surface area contributed by atoms with Crippen LogP contribution < -0.4 is 10.5 Å². The molecule has 0 amide bonds. The molecule has 2 aromatic rings. The van der Waals surface area contributed by atoms with Crippen molar-refractivity contribution < 1.29 is 8.42 Å². The van der Waals surface area contributed by atoms with Gasteiger partial charge in [0.25, 0.3) is 10.0 Å². The lowest BCUT2D eigenvalue weighted by Gasteiger charge is -2.14. The second-order valence-electron chi connectivity index (χ2n) is 4.54. The van der Waals surface area contributed by atoms with Crippen molar-refractivity contribution in [2.24, 2.45) is 0 Å². The number of hydrogen-bond acceptors (Lipinski definition) is 4. The number of sulfonamides is 1. The number of nitrogens with zero attached hydrogens (tertiary/aromatic N) is 1. The Kier molecular flexibility index (Phi) is 4.46. The monoisotopic (exact) mass is 389 g/mol. The molecule has 0 radical (unpaired) electrons. The number of anilines is 2. The van der Waals surface area contributed by atoms with E-state index in [2.05, 4.69) is 25.6 Å². The molecule has 0 aliphatic heterocycles. The van der Waals surface area contributed by atoms with Gasteiger partial charge in [-0.2, -0.15) is 0 Å². The Morgan fingerprint density at radius 3 is 2.57 bits per heavy atom. The molecule has 112 valence electrons. The molecule has 0 aliphatic rings. The van der Waals surface area contributed by atoms with Gasteiger partial charge in [0.1, 0.15) is 4.90 Å². The summed E-state index contributed by atoms with van der Waals surface area (Å²) < 4.78 is 28.2.